The topological polar surface area (TPSA) is 285 Å². The molecule has 0 aromatic carbocycles. The van der Waals surface area contributed by atoms with Crippen LogP contribution in [0.15, 0.2) is 9.98 Å². The summed E-state index contributed by atoms with van der Waals surface area (Å²) in [6, 6.07) is 0.358. The van der Waals surface area contributed by atoms with Gasteiger partial charge in [-0.05, 0) is 41.5 Å². The van der Waals surface area contributed by atoms with Crippen molar-refractivity contribution in [3.8, 4) is 0 Å². The predicted molar refractivity (Wildman–Crippen MR) is 105 cm³/mol. The first-order chi connectivity index (χ1) is 15.1. The fourth-order valence-corrected chi connectivity index (χ4v) is 3.49. The number of rotatable bonds is 2. The molecule has 1 aliphatic heterocycles. The largest absolute Gasteiger partial charge is 2.00 e. The van der Waals surface area contributed by atoms with Gasteiger partial charge in [0.15, 0.2) is 0 Å². The van der Waals surface area contributed by atoms with Gasteiger partial charge in [0.1, 0.15) is 0 Å². The predicted octanol–water partition coefficient (Wildman–Crippen LogP) is -8.42. The van der Waals surface area contributed by atoms with Crippen LogP contribution in [0.3, 0.4) is 0 Å². The van der Waals surface area contributed by atoms with Gasteiger partial charge in [0.2, 0.25) is 0 Å². The zero-order valence-electron chi connectivity index (χ0n) is 20.8. The molecule has 0 radical (unpaired) electrons. The average molecular weight is 596 g/mol. The molecule has 212 valence electrons. The van der Waals surface area contributed by atoms with Crippen LogP contribution in [-0.2, 0) is 16.5 Å². The van der Waals surface area contributed by atoms with Crippen LogP contribution < -0.4 is 59.4 Å². The SMILES string of the molecule is CC1=NC[C@H](CN)NC(C)(C)CC(C)=NC[C@H](CN)NC(C)(C)C1.[Ni+2].[O-][Cl+3]([O-])([O-])[O-].[O-][Cl+3]([O-])([O-])[O-]. The fourth-order valence-electron chi connectivity index (χ4n) is 3.49. The van der Waals surface area contributed by atoms with Crippen LogP contribution in [0, 0.1) is 20.5 Å². The molecule has 0 aromatic heterocycles. The van der Waals surface area contributed by atoms with Crippen molar-refractivity contribution in [2.24, 2.45) is 21.5 Å². The summed E-state index contributed by atoms with van der Waals surface area (Å²) in [5.41, 5.74) is 14.0. The molecule has 0 amide bonds. The Hall–Kier alpha value is -0.0665. The summed E-state index contributed by atoms with van der Waals surface area (Å²) in [5, 5.41) is 7.28. The number of halogens is 2. The van der Waals surface area contributed by atoms with Gasteiger partial charge >= 0.3 is 16.5 Å². The van der Waals surface area contributed by atoms with Gasteiger partial charge in [0.05, 0.1) is 13.1 Å². The van der Waals surface area contributed by atoms with Gasteiger partial charge in [-0.15, -0.1) is 20.5 Å². The standard InChI is InChI=1S/C18H38N6.2ClHO4.Ni/c1-13-7-17(3,4)23-16(10-20)12-22-14(2)8-18(5,6)24-15(9-19)11-21-13;2*2-1(3,4)5;/h15-16,23-24H,7-12,19-20H2,1-6H3;2*(H,2,3,4,5);/q;;;+2/p-2/t15-,16-;;;/m0.../s1. The van der Waals surface area contributed by atoms with E-state index in [1.165, 1.54) is 0 Å². The zero-order chi connectivity index (χ0) is 27.4. The summed E-state index contributed by atoms with van der Waals surface area (Å²) in [5.74, 6) is 0. The smallest absolute Gasteiger partial charge is 0.329 e. The summed E-state index contributed by atoms with van der Waals surface area (Å²) < 4.78 is 67.9. The number of hydrogen-bond acceptors (Lipinski definition) is 14. The Labute approximate surface area is 221 Å². The summed E-state index contributed by atoms with van der Waals surface area (Å²) in [6.45, 7) is 15.5. The second kappa shape index (κ2) is 17.4. The van der Waals surface area contributed by atoms with Gasteiger partial charge in [-0.25, -0.2) is 37.3 Å². The van der Waals surface area contributed by atoms with E-state index in [2.05, 4.69) is 52.2 Å². The van der Waals surface area contributed by atoms with Crippen molar-refractivity contribution < 1.29 is 74.2 Å². The van der Waals surface area contributed by atoms with Crippen LogP contribution >= 0.6 is 0 Å². The normalized spacial score (nSPS) is 23.5. The third-order valence-corrected chi connectivity index (χ3v) is 4.32. The summed E-state index contributed by atoms with van der Waals surface area (Å²) in [7, 11) is -9.89. The molecule has 14 nitrogen and oxygen atoms in total. The molecule has 0 spiro atoms. The number of hydrogen-bond donors (Lipinski definition) is 4. The van der Waals surface area contributed by atoms with E-state index in [-0.39, 0.29) is 39.7 Å². The summed E-state index contributed by atoms with van der Waals surface area (Å²) in [4.78, 5) is 9.54. The maximum absolute atomic E-state index is 8.49. The van der Waals surface area contributed by atoms with E-state index in [1.807, 2.05) is 0 Å². The summed E-state index contributed by atoms with van der Waals surface area (Å²) in [6.07, 6.45) is 1.76. The van der Waals surface area contributed by atoms with Crippen LogP contribution in [0.5, 0.6) is 0 Å². The Morgan fingerprint density at radius 3 is 1.14 bits per heavy atom. The molecule has 17 heteroatoms. The van der Waals surface area contributed by atoms with Crippen molar-refractivity contribution in [2.75, 3.05) is 26.2 Å². The molecule has 1 aliphatic rings. The van der Waals surface area contributed by atoms with E-state index in [9.17, 15) is 0 Å². The average Bonchev–Trinajstić information content (AvgIpc) is 2.57. The Kier molecular flexibility index (Phi) is 19.7. The van der Waals surface area contributed by atoms with Crippen LogP contribution in [0.1, 0.15) is 54.4 Å². The monoisotopic (exact) mass is 594 g/mol. The van der Waals surface area contributed by atoms with Crippen LogP contribution in [0.25, 0.3) is 0 Å². The van der Waals surface area contributed by atoms with Crippen molar-refractivity contribution in [2.45, 2.75) is 77.5 Å². The van der Waals surface area contributed by atoms with Crippen molar-refractivity contribution in [3.05, 3.63) is 0 Å². The molecule has 0 unspecified atom stereocenters. The zero-order valence-corrected chi connectivity index (χ0v) is 23.3. The fraction of sp³-hybridized carbons (Fsp3) is 0.889. The van der Waals surface area contributed by atoms with Crippen LogP contribution in [-0.4, -0.2) is 60.8 Å². The Bertz CT molecular complexity index is 579. The van der Waals surface area contributed by atoms with E-state index in [4.69, 9.17) is 58.7 Å². The molecular weight excluding hydrogens is 558 g/mol. The number of nitrogens with one attached hydrogen (secondary N) is 2. The number of nitrogens with two attached hydrogens (primary N) is 2. The third kappa shape index (κ3) is 30.1. The molecule has 0 saturated carbocycles. The molecule has 0 saturated heterocycles. The molecule has 0 aromatic rings. The number of aliphatic imine (C=N–C) groups is 2. The number of nitrogens with zero attached hydrogens (tertiary/aromatic N) is 2. The van der Waals surface area contributed by atoms with E-state index in [0.717, 1.165) is 24.3 Å². The first-order valence-corrected chi connectivity index (χ1v) is 12.7. The van der Waals surface area contributed by atoms with E-state index in [0.29, 0.717) is 26.2 Å². The van der Waals surface area contributed by atoms with Gasteiger partial charge in [-0.1, -0.05) is 0 Å². The Morgan fingerprint density at radius 1 is 0.714 bits per heavy atom. The van der Waals surface area contributed by atoms with E-state index < -0.39 is 20.5 Å². The molecule has 0 fully saturated rings. The molecule has 1 rings (SSSR count). The van der Waals surface area contributed by atoms with Crippen LogP contribution in [0.4, 0.5) is 0 Å². The van der Waals surface area contributed by atoms with E-state index >= 15 is 0 Å². The maximum Gasteiger partial charge on any atom is 2.00 e. The molecule has 6 N–H and O–H groups in total. The van der Waals surface area contributed by atoms with E-state index in [1.54, 1.807) is 0 Å². The Balaban J connectivity index is -0.000000784. The minimum absolute atomic E-state index is 0. The minimum atomic E-state index is -4.94. The van der Waals surface area contributed by atoms with Crippen molar-refractivity contribution in [1.82, 2.24) is 10.6 Å². The van der Waals surface area contributed by atoms with Gasteiger partial charge in [0.25, 0.3) is 0 Å². The molecule has 1 heterocycles. The second-order valence-corrected chi connectivity index (χ2v) is 10.7. The van der Waals surface area contributed by atoms with Gasteiger partial charge in [0, 0.05) is 60.5 Å². The summed E-state index contributed by atoms with van der Waals surface area (Å²) >= 11 is 0. The van der Waals surface area contributed by atoms with Gasteiger partial charge in [-0.2, -0.15) is 0 Å². The van der Waals surface area contributed by atoms with Crippen molar-refractivity contribution >= 4 is 11.4 Å². The quantitative estimate of drug-likeness (QED) is 0.216. The molecule has 0 aliphatic carbocycles. The first kappa shape index (κ1) is 39.4. The Morgan fingerprint density at radius 2 is 0.943 bits per heavy atom. The first-order valence-electron chi connectivity index (χ1n) is 10.3. The minimum Gasteiger partial charge on any atom is -0.329 e. The molecule has 0 bridgehead atoms. The third-order valence-electron chi connectivity index (χ3n) is 4.32. The maximum atomic E-state index is 8.49. The van der Waals surface area contributed by atoms with Crippen LogP contribution in [0.2, 0.25) is 0 Å². The molecular formula is C18H38Cl2N6NiO8. The second-order valence-electron chi connectivity index (χ2n) is 9.18. The van der Waals surface area contributed by atoms with Gasteiger partial charge in [-0.3, -0.25) is 9.98 Å². The molecule has 35 heavy (non-hydrogen) atoms. The molecule has 2 atom stereocenters. The van der Waals surface area contributed by atoms with Gasteiger partial charge < -0.3 is 22.1 Å². The van der Waals surface area contributed by atoms with Crippen molar-refractivity contribution in [1.29, 1.82) is 0 Å². The van der Waals surface area contributed by atoms with Crippen molar-refractivity contribution in [3.63, 3.8) is 0 Å².